The molecule has 0 saturated heterocycles. The first-order chi connectivity index (χ1) is 36.7. The van der Waals surface area contributed by atoms with Crippen LogP contribution in [0.5, 0.6) is 23.0 Å². The molecule has 8 heterocycles. The summed E-state index contributed by atoms with van der Waals surface area (Å²) in [6, 6.07) is 64.9. The number of nitrogens with zero attached hydrogens (tertiary/aromatic N) is 10. The number of ether oxygens (including phenoxy) is 2. The monoisotopic (exact) mass is 954 g/mol. The van der Waals surface area contributed by atoms with Gasteiger partial charge in [0, 0.05) is 70.2 Å². The van der Waals surface area contributed by atoms with Crippen molar-refractivity contribution in [3.63, 3.8) is 0 Å². The van der Waals surface area contributed by atoms with E-state index in [1.165, 1.54) is 0 Å². The van der Waals surface area contributed by atoms with E-state index < -0.39 is 0 Å². The van der Waals surface area contributed by atoms with E-state index in [9.17, 15) is 0 Å². The van der Waals surface area contributed by atoms with Crippen LogP contribution in [0.4, 0.5) is 34.1 Å². The zero-order valence-corrected chi connectivity index (χ0v) is 39.2. The third-order valence-corrected chi connectivity index (χ3v) is 13.1. The normalized spacial score (nSPS) is 12.2. The highest BCUT2D eigenvalue weighted by molar-refractivity contribution is 6.12. The van der Waals surface area contributed by atoms with Gasteiger partial charge in [0.2, 0.25) is 0 Å². The second-order valence-corrected chi connectivity index (χ2v) is 17.7. The molecule has 0 amide bonds. The molecule has 6 aromatic carbocycles. The van der Waals surface area contributed by atoms with Gasteiger partial charge in [0.05, 0.1) is 62.6 Å². The van der Waals surface area contributed by atoms with Gasteiger partial charge in [0.25, 0.3) is 0 Å². The van der Waals surface area contributed by atoms with Gasteiger partial charge in [-0.1, -0.05) is 60.7 Å². The highest BCUT2D eigenvalue weighted by atomic mass is 16.5. The van der Waals surface area contributed by atoms with Gasteiger partial charge >= 0.3 is 0 Å². The zero-order chi connectivity index (χ0) is 49.0. The van der Waals surface area contributed by atoms with E-state index in [-0.39, 0.29) is 0 Å². The Kier molecular flexibility index (Phi) is 10.2. The minimum atomic E-state index is 0.481. The fourth-order valence-corrected chi connectivity index (χ4v) is 9.75. The molecule has 12 heteroatoms. The first kappa shape index (κ1) is 42.4. The van der Waals surface area contributed by atoms with Crippen molar-refractivity contribution in [3.8, 4) is 91.1 Å². The molecule has 0 radical (unpaired) electrons. The van der Waals surface area contributed by atoms with Crippen LogP contribution in [0, 0.1) is 0 Å². The Hall–Kier alpha value is -10.5. The minimum absolute atomic E-state index is 0.481. The van der Waals surface area contributed by atoms with Crippen LogP contribution < -0.4 is 19.3 Å². The topological polar surface area (TPSA) is 128 Å². The minimum Gasteiger partial charge on any atom is -0.453 e. The van der Waals surface area contributed by atoms with Crippen molar-refractivity contribution in [2.75, 3.05) is 9.80 Å². The molecule has 0 unspecified atom stereocenters. The zero-order valence-electron chi connectivity index (χ0n) is 39.2. The third kappa shape index (κ3) is 7.49. The van der Waals surface area contributed by atoms with Crippen LogP contribution in [0.15, 0.2) is 231 Å². The lowest BCUT2D eigenvalue weighted by Crippen LogP contribution is -2.18. The Bertz CT molecular complexity index is 3640. The second kappa shape index (κ2) is 17.7. The molecule has 0 fully saturated rings. The molecule has 2 aliphatic rings. The number of para-hydroxylation sites is 8. The Morgan fingerprint density at radius 2 is 0.703 bits per heavy atom. The first-order valence-electron chi connectivity index (χ1n) is 24.0. The summed E-state index contributed by atoms with van der Waals surface area (Å²) in [4.78, 5) is 43.9. The van der Waals surface area contributed by atoms with E-state index in [0.717, 1.165) is 67.2 Å². The van der Waals surface area contributed by atoms with E-state index in [2.05, 4.69) is 68.3 Å². The van der Waals surface area contributed by atoms with Gasteiger partial charge in [-0.2, -0.15) is 0 Å². The standard InChI is InChI=1S/C62H38N10O2/c1-5-23-57-51(19-1)71(52-20-2-6-24-58(52)73-57)55-33-41(48-35-47(39-15-13-27-63-37-39)68-62(69-48)46-18-10-12-30-66-46)31-43-44(55)32-42(34-56(43)72-53-21-3-7-25-59(53)74-60-26-8-4-22-54(60)72)49-36-50(45-17-9-11-29-65-45)70-61(67-49)40-16-14-28-64-38-40/h1-38H. The van der Waals surface area contributed by atoms with E-state index in [1.54, 1.807) is 31.0 Å². The summed E-state index contributed by atoms with van der Waals surface area (Å²) in [6.45, 7) is 0. The molecule has 348 valence electrons. The van der Waals surface area contributed by atoms with Crippen molar-refractivity contribution in [3.05, 3.63) is 231 Å². The number of hydrogen-bond donors (Lipinski definition) is 0. The summed E-state index contributed by atoms with van der Waals surface area (Å²) >= 11 is 0. The molecule has 12 nitrogen and oxygen atoms in total. The molecule has 0 bridgehead atoms. The highest BCUT2D eigenvalue weighted by Gasteiger charge is 2.32. The largest absolute Gasteiger partial charge is 0.453 e. The maximum absolute atomic E-state index is 6.66. The lowest BCUT2D eigenvalue weighted by molar-refractivity contribution is 0.477. The number of fused-ring (bicyclic) bond motifs is 5. The average Bonchev–Trinajstić information content (AvgIpc) is 3.48. The fraction of sp³-hybridized carbons (Fsp3) is 0. The van der Waals surface area contributed by atoms with Crippen LogP contribution in [0.3, 0.4) is 0 Å². The molecular formula is C62H38N10O2. The molecule has 0 atom stereocenters. The van der Waals surface area contributed by atoms with Gasteiger partial charge in [-0.25, -0.2) is 19.9 Å². The molecule has 74 heavy (non-hydrogen) atoms. The van der Waals surface area contributed by atoms with Crippen LogP contribution in [0.25, 0.3) is 78.8 Å². The summed E-state index contributed by atoms with van der Waals surface area (Å²) in [5.74, 6) is 3.86. The summed E-state index contributed by atoms with van der Waals surface area (Å²) in [5, 5.41) is 1.84. The number of rotatable bonds is 8. The number of anilines is 6. The third-order valence-electron chi connectivity index (χ3n) is 13.1. The van der Waals surface area contributed by atoms with Crippen molar-refractivity contribution in [1.29, 1.82) is 0 Å². The Balaban J connectivity index is 1.13. The summed E-state index contributed by atoms with van der Waals surface area (Å²) in [6.07, 6.45) is 10.7. The number of aromatic nitrogens is 8. The first-order valence-corrected chi connectivity index (χ1v) is 24.0. The Morgan fingerprint density at radius 1 is 0.284 bits per heavy atom. The molecule has 12 aromatic rings. The van der Waals surface area contributed by atoms with Crippen LogP contribution >= 0.6 is 0 Å². The quantitative estimate of drug-likeness (QED) is 0.144. The lowest BCUT2D eigenvalue weighted by atomic mass is 9.94. The predicted molar refractivity (Wildman–Crippen MR) is 288 cm³/mol. The highest BCUT2D eigenvalue weighted by Crippen LogP contribution is 2.56. The van der Waals surface area contributed by atoms with Crippen LogP contribution in [0.1, 0.15) is 0 Å². The second-order valence-electron chi connectivity index (χ2n) is 17.7. The molecule has 6 aromatic heterocycles. The molecule has 0 N–H and O–H groups in total. The van der Waals surface area contributed by atoms with Gasteiger partial charge < -0.3 is 19.3 Å². The van der Waals surface area contributed by atoms with E-state index in [4.69, 9.17) is 39.4 Å². The maximum Gasteiger partial charge on any atom is 0.179 e. The number of benzene rings is 6. The molecule has 0 spiro atoms. The maximum atomic E-state index is 6.66. The Labute approximate surface area is 424 Å². The molecule has 2 aliphatic heterocycles. The summed E-state index contributed by atoms with van der Waals surface area (Å²) < 4.78 is 13.3. The van der Waals surface area contributed by atoms with Crippen molar-refractivity contribution in [2.24, 2.45) is 0 Å². The SMILES string of the molecule is c1ccc(-c2cc(-c3cc(N4c5ccccc5Oc5ccccc54)c4cc(-c5cc(-c6cccnc6)nc(-c6ccccn6)n5)cc(N5c6ccccc6Oc6ccccc65)c4c3)nc(-c3cccnc3)n2)nc1. The fourth-order valence-electron chi connectivity index (χ4n) is 9.75. The average molecular weight is 955 g/mol. The van der Waals surface area contributed by atoms with Crippen molar-refractivity contribution in [1.82, 2.24) is 39.9 Å². The summed E-state index contributed by atoms with van der Waals surface area (Å²) in [7, 11) is 0. The van der Waals surface area contributed by atoms with Gasteiger partial charge in [-0.05, 0) is 133 Å². The smallest absolute Gasteiger partial charge is 0.179 e. The van der Waals surface area contributed by atoms with Crippen molar-refractivity contribution < 1.29 is 9.47 Å². The molecule has 0 aliphatic carbocycles. The number of pyridine rings is 4. The van der Waals surface area contributed by atoms with Crippen LogP contribution in [0.2, 0.25) is 0 Å². The Morgan fingerprint density at radius 3 is 1.18 bits per heavy atom. The van der Waals surface area contributed by atoms with E-state index in [0.29, 0.717) is 68.8 Å². The number of hydrogen-bond acceptors (Lipinski definition) is 12. The molecule has 0 saturated carbocycles. The van der Waals surface area contributed by atoms with Gasteiger partial charge in [0.15, 0.2) is 34.6 Å². The van der Waals surface area contributed by atoms with Crippen LogP contribution in [-0.4, -0.2) is 39.9 Å². The molecule has 14 rings (SSSR count). The summed E-state index contributed by atoms with van der Waals surface area (Å²) in [5.41, 5.74) is 12.6. The van der Waals surface area contributed by atoms with Gasteiger partial charge in [-0.15, -0.1) is 0 Å². The van der Waals surface area contributed by atoms with Crippen molar-refractivity contribution >= 4 is 44.9 Å². The predicted octanol–water partition coefficient (Wildman–Crippen LogP) is 15.2. The van der Waals surface area contributed by atoms with Crippen molar-refractivity contribution in [2.45, 2.75) is 0 Å². The lowest BCUT2D eigenvalue weighted by Gasteiger charge is -2.36. The van der Waals surface area contributed by atoms with Gasteiger partial charge in [0.1, 0.15) is 5.69 Å². The van der Waals surface area contributed by atoms with Gasteiger partial charge in [-0.3, -0.25) is 19.9 Å². The van der Waals surface area contributed by atoms with E-state index >= 15 is 0 Å². The molecular weight excluding hydrogens is 917 g/mol. The van der Waals surface area contributed by atoms with Crippen LogP contribution in [-0.2, 0) is 0 Å². The van der Waals surface area contributed by atoms with E-state index in [1.807, 2.05) is 152 Å².